The van der Waals surface area contributed by atoms with Gasteiger partial charge in [0.25, 0.3) is 7.51 Å². The monoisotopic (exact) mass is 297 g/mol. The molecule has 0 saturated carbocycles. The molecule has 0 atom stereocenters. The van der Waals surface area contributed by atoms with Crippen LogP contribution in [0.5, 0.6) is 0 Å². The summed E-state index contributed by atoms with van der Waals surface area (Å²) in [5, 5.41) is 26.3. The number of guanidine groups is 3. The molecule has 0 unspecified atom stereocenters. The number of nitrogens with two attached hydrogens (primary N) is 6. The van der Waals surface area contributed by atoms with E-state index in [1.807, 2.05) is 0 Å². The lowest BCUT2D eigenvalue weighted by atomic mass is 11.1. The second-order valence-corrected chi connectivity index (χ2v) is 7.05. The van der Waals surface area contributed by atoms with Crippen LogP contribution in [0.25, 0.3) is 0 Å². The minimum absolute atomic E-state index is 0.428. The van der Waals surface area contributed by atoms with Crippen LogP contribution in [-0.4, -0.2) is 17.9 Å². The summed E-state index contributed by atoms with van der Waals surface area (Å²) < 4.78 is 7.37. The predicted molar refractivity (Wildman–Crippen MR) is 73.3 cm³/mol. The van der Waals surface area contributed by atoms with E-state index in [1.54, 1.807) is 0 Å². The molecule has 0 fully saturated rings. The minimum Gasteiger partial charge on any atom is -0.370 e. The number of hydrogen-bond donors (Lipinski definition) is 11. The van der Waals surface area contributed by atoms with E-state index in [4.69, 9.17) is 49.9 Å². The summed E-state index contributed by atoms with van der Waals surface area (Å²) in [5.41, 5.74) is 31.4. The molecule has 0 saturated heterocycles. The molecule has 0 aromatic carbocycles. The molecular formula is C3H17N13P2. The molecule has 15 heteroatoms. The van der Waals surface area contributed by atoms with Crippen molar-refractivity contribution in [3.8, 4) is 0 Å². The molecule has 0 aliphatic carbocycles. The van der Waals surface area contributed by atoms with Gasteiger partial charge in [-0.2, -0.15) is 9.28 Å². The van der Waals surface area contributed by atoms with Gasteiger partial charge in [-0.3, -0.25) is 37.2 Å². The molecule has 0 aliphatic heterocycles. The van der Waals surface area contributed by atoms with Gasteiger partial charge in [-0.05, 0) is 0 Å². The molecule has 0 rings (SSSR count). The molecule has 0 amide bonds. The first-order valence-corrected chi connectivity index (χ1v) is 7.74. The smallest absolute Gasteiger partial charge is 0.272 e. The normalized spacial score (nSPS) is 13.9. The standard InChI is InChI=1S/C3H17N13P2/c4-1(5)13-18(14-2(6)7,15-3(8)9)16-17(10,11)12/h(H4,4,5,13)(H4,6,7,14)(H4,8,9,15)(H5,10,11,12). The van der Waals surface area contributed by atoms with Crippen molar-refractivity contribution in [3.63, 3.8) is 0 Å². The third-order valence-electron chi connectivity index (χ3n) is 1.09. The molecule has 104 valence electrons. The minimum atomic E-state index is -3.43. The van der Waals surface area contributed by atoms with Gasteiger partial charge < -0.3 is 22.9 Å². The molecule has 17 N–H and O–H groups in total. The second-order valence-electron chi connectivity index (χ2n) is 3.00. The van der Waals surface area contributed by atoms with Crippen LogP contribution in [0.1, 0.15) is 0 Å². The Morgan fingerprint density at radius 3 is 1.56 bits per heavy atom. The molecule has 18 heavy (non-hydrogen) atoms. The maximum absolute atomic E-state index is 7.39. The van der Waals surface area contributed by atoms with Gasteiger partial charge in [0.1, 0.15) is 0 Å². The van der Waals surface area contributed by atoms with Crippen LogP contribution < -0.4 is 44.1 Å². The van der Waals surface area contributed by atoms with Gasteiger partial charge in [0.15, 0.2) is 17.9 Å². The number of nitrogens with zero attached hydrogens (tertiary/aromatic N) is 2. The van der Waals surface area contributed by atoms with Crippen LogP contribution in [0.3, 0.4) is 0 Å². The largest absolute Gasteiger partial charge is 0.370 e. The molecule has 0 radical (unpaired) electrons. The highest BCUT2D eigenvalue weighted by atomic mass is 31.2. The fourth-order valence-electron chi connectivity index (χ4n) is 0.860. The van der Waals surface area contributed by atoms with Crippen molar-refractivity contribution < 1.29 is 0 Å². The van der Waals surface area contributed by atoms with E-state index >= 15 is 0 Å². The first-order chi connectivity index (χ1) is 7.96. The van der Waals surface area contributed by atoms with Crippen molar-refractivity contribution >= 4 is 32.9 Å². The highest BCUT2D eigenvalue weighted by Crippen LogP contribution is 2.50. The van der Waals surface area contributed by atoms with Crippen LogP contribution in [0, 0.1) is 16.0 Å². The average Bonchev–Trinajstić information content (AvgIpc) is 1.92. The van der Waals surface area contributed by atoms with Crippen molar-refractivity contribution in [2.24, 2.45) is 43.2 Å². The zero-order valence-electron chi connectivity index (χ0n) is 9.25. The van der Waals surface area contributed by atoms with Crippen molar-refractivity contribution in [2.75, 3.05) is 0 Å². The van der Waals surface area contributed by atoms with Gasteiger partial charge in [-0.1, -0.05) is 0 Å². The van der Waals surface area contributed by atoms with Crippen LogP contribution in [0.2, 0.25) is 0 Å². The lowest BCUT2D eigenvalue weighted by Gasteiger charge is -2.23. The highest BCUT2D eigenvalue weighted by molar-refractivity contribution is 7.72. The Balaban J connectivity index is 5.94. The van der Waals surface area contributed by atoms with E-state index in [9.17, 15) is 0 Å². The lowest BCUT2D eigenvalue weighted by molar-refractivity contribution is 1.20. The Morgan fingerprint density at radius 2 is 1.33 bits per heavy atom. The quantitative estimate of drug-likeness (QED) is 0.151. The van der Waals surface area contributed by atoms with Crippen molar-refractivity contribution in [1.82, 2.24) is 10.2 Å². The summed E-state index contributed by atoms with van der Waals surface area (Å²) in [7, 11) is -6.84. The second kappa shape index (κ2) is 5.69. The average molecular weight is 297 g/mol. The molecule has 13 nitrogen and oxygen atoms in total. The van der Waals surface area contributed by atoms with E-state index in [2.05, 4.69) is 19.5 Å². The number of rotatable bonds is 4. The van der Waals surface area contributed by atoms with Gasteiger partial charge in [-0.25, -0.2) is 0 Å². The number of hydrogen-bond acceptors (Lipinski definition) is 3. The third kappa shape index (κ3) is 6.70. The zero-order valence-corrected chi connectivity index (χ0v) is 11.0. The summed E-state index contributed by atoms with van der Waals surface area (Å²) >= 11 is 0. The molecular weight excluding hydrogens is 280 g/mol. The molecule has 0 aromatic heterocycles. The topological polar surface area (TPSA) is 276 Å². The first kappa shape index (κ1) is 16.2. The van der Waals surface area contributed by atoms with E-state index in [1.165, 1.54) is 0 Å². The van der Waals surface area contributed by atoms with Crippen molar-refractivity contribution in [2.45, 2.75) is 0 Å². The highest BCUT2D eigenvalue weighted by Gasteiger charge is 2.23. The van der Waals surface area contributed by atoms with E-state index in [0.29, 0.717) is 0 Å². The van der Waals surface area contributed by atoms with Crippen molar-refractivity contribution in [1.29, 1.82) is 16.0 Å². The van der Waals surface area contributed by atoms with Crippen LogP contribution in [-0.2, 0) is 0 Å². The summed E-state index contributed by atoms with van der Waals surface area (Å²) in [6.45, 7) is 0. The first-order valence-electron chi connectivity index (χ1n) is 4.17. The van der Waals surface area contributed by atoms with Crippen LogP contribution in [0.4, 0.5) is 0 Å². The molecule has 0 bridgehead atoms. The lowest BCUT2D eigenvalue weighted by Crippen LogP contribution is -2.38. The number of nitrogens with one attached hydrogen (secondary N) is 5. The third-order valence-corrected chi connectivity index (χ3v) is 4.94. The maximum Gasteiger partial charge on any atom is 0.272 e. The van der Waals surface area contributed by atoms with Gasteiger partial charge in [0.2, 0.25) is 7.51 Å². The van der Waals surface area contributed by atoms with E-state index in [0.717, 1.165) is 0 Å². The van der Waals surface area contributed by atoms with Gasteiger partial charge in [-0.15, -0.1) is 0 Å². The Morgan fingerprint density at radius 1 is 0.944 bits per heavy atom. The van der Waals surface area contributed by atoms with E-state index in [-0.39, 0.29) is 0 Å². The Labute approximate surface area is 103 Å². The maximum atomic E-state index is 7.39. The van der Waals surface area contributed by atoms with Crippen LogP contribution >= 0.6 is 15.0 Å². The van der Waals surface area contributed by atoms with E-state index < -0.39 is 32.9 Å². The predicted octanol–water partition coefficient (Wildman–Crippen LogP) is -2.39. The molecule has 0 spiro atoms. The van der Waals surface area contributed by atoms with Crippen molar-refractivity contribution in [3.05, 3.63) is 0 Å². The Hall–Kier alpha value is -1.81. The summed E-state index contributed by atoms with van der Waals surface area (Å²) in [6.07, 6.45) is 0. The SMILES string of the molecule is N=C(N)NP(N=C(N)N)(=NP(=N)(N)N)NC(=N)N. The van der Waals surface area contributed by atoms with Crippen LogP contribution in [0.15, 0.2) is 9.28 Å². The fourth-order valence-corrected chi connectivity index (χ4v) is 4.25. The molecule has 0 aromatic rings. The van der Waals surface area contributed by atoms with Gasteiger partial charge >= 0.3 is 0 Å². The molecule has 0 aliphatic rings. The molecule has 0 heterocycles. The Kier molecular flexibility index (Phi) is 5.12. The summed E-state index contributed by atoms with van der Waals surface area (Å²) in [5.74, 6) is -1.54. The van der Waals surface area contributed by atoms with Gasteiger partial charge in [0.05, 0.1) is 0 Å². The van der Waals surface area contributed by atoms with Gasteiger partial charge in [0, 0.05) is 0 Å². The summed E-state index contributed by atoms with van der Waals surface area (Å²) in [6, 6.07) is 0. The fraction of sp³-hybridized carbons (Fsp3) is 0. The summed E-state index contributed by atoms with van der Waals surface area (Å²) in [4.78, 5) is 0. The zero-order chi connectivity index (χ0) is 14.6. The Bertz CT molecular complexity index is 443.